The number of ether oxygens (including phenoxy) is 1. The maximum atomic E-state index is 12.0. The summed E-state index contributed by atoms with van der Waals surface area (Å²) in [4.78, 5) is 20.2. The highest BCUT2D eigenvalue weighted by Crippen LogP contribution is 2.27. The predicted octanol–water partition coefficient (Wildman–Crippen LogP) is 2.99. The highest BCUT2D eigenvalue weighted by atomic mass is 16.5. The number of hydrogen-bond donors (Lipinski definition) is 0. The number of hydrogen-bond acceptors (Lipinski definition) is 6. The van der Waals surface area contributed by atoms with Gasteiger partial charge in [0.05, 0.1) is 5.56 Å². The molecule has 2 aliphatic heterocycles. The zero-order valence-corrected chi connectivity index (χ0v) is 11.7. The minimum atomic E-state index is -0.510. The normalized spacial score (nSPS) is 15.7. The summed E-state index contributed by atoms with van der Waals surface area (Å²) in [5.74, 6) is 1.12. The first-order valence-corrected chi connectivity index (χ1v) is 6.84. The van der Waals surface area contributed by atoms with Crippen LogP contribution >= 0.6 is 0 Å². The third kappa shape index (κ3) is 2.44. The van der Waals surface area contributed by atoms with Gasteiger partial charge in [0.1, 0.15) is 11.5 Å². The Balaban J connectivity index is 1.74. The fourth-order valence-corrected chi connectivity index (χ4v) is 2.17. The Kier molecular flexibility index (Phi) is 3.09. The van der Waals surface area contributed by atoms with E-state index in [-0.39, 0.29) is 17.4 Å². The molecule has 7 heteroatoms. The van der Waals surface area contributed by atoms with Crippen LogP contribution in [-0.2, 0) is 4.79 Å². The number of para-hydroxylation sites is 2. The lowest BCUT2D eigenvalue weighted by atomic mass is 10.1. The van der Waals surface area contributed by atoms with E-state index in [9.17, 15) is 4.79 Å². The zero-order valence-electron chi connectivity index (χ0n) is 11.7. The van der Waals surface area contributed by atoms with Gasteiger partial charge in [0.25, 0.3) is 0 Å². The van der Waals surface area contributed by atoms with Crippen LogP contribution in [0.5, 0.6) is 11.5 Å². The van der Waals surface area contributed by atoms with Crippen LogP contribution in [0.25, 0.3) is 0 Å². The molecule has 0 N–H and O–H groups in total. The van der Waals surface area contributed by atoms with Crippen molar-refractivity contribution in [2.75, 3.05) is 0 Å². The Bertz CT molecular complexity index is 913. The molecule has 2 aliphatic rings. The Morgan fingerprint density at radius 2 is 1.61 bits per heavy atom. The van der Waals surface area contributed by atoms with E-state index in [0.717, 1.165) is 0 Å². The van der Waals surface area contributed by atoms with Crippen molar-refractivity contribution in [3.05, 3.63) is 60.2 Å². The molecule has 0 saturated heterocycles. The molecule has 0 saturated carbocycles. The van der Waals surface area contributed by atoms with Gasteiger partial charge in [0.2, 0.25) is 11.5 Å². The van der Waals surface area contributed by atoms with Crippen molar-refractivity contribution in [3.8, 4) is 11.5 Å². The molecular formula is C16H9N5O2. The molecule has 0 spiro atoms. The molecule has 4 rings (SSSR count). The first-order valence-electron chi connectivity index (χ1n) is 6.84. The number of carbonyl (C=O) groups is 1. The van der Waals surface area contributed by atoms with Crippen molar-refractivity contribution >= 4 is 23.3 Å². The van der Waals surface area contributed by atoms with Crippen LogP contribution in [-0.4, -0.2) is 23.3 Å². The summed E-state index contributed by atoms with van der Waals surface area (Å²) in [5.41, 5.74) is 0.661. The van der Waals surface area contributed by atoms with Crippen molar-refractivity contribution in [3.63, 3.8) is 0 Å². The van der Waals surface area contributed by atoms with E-state index in [1.807, 2.05) is 42.5 Å². The lowest BCUT2D eigenvalue weighted by Crippen LogP contribution is -2.26. The largest absolute Gasteiger partial charge is 0.457 e. The molecule has 0 bridgehead atoms. The minimum absolute atomic E-state index is 0.0650. The molecule has 7 nitrogen and oxygen atoms in total. The molecule has 23 heavy (non-hydrogen) atoms. The van der Waals surface area contributed by atoms with Crippen LogP contribution in [0.1, 0.15) is 5.56 Å². The molecule has 0 aliphatic carbocycles. The SMILES string of the molecule is O=C1N=C(c2ccccc2Oc2ccccc2)N=C2N=NN=C12. The monoisotopic (exact) mass is 303 g/mol. The van der Waals surface area contributed by atoms with E-state index in [4.69, 9.17) is 4.74 Å². The van der Waals surface area contributed by atoms with Crippen molar-refractivity contribution in [2.45, 2.75) is 0 Å². The number of amides is 1. The van der Waals surface area contributed by atoms with E-state index < -0.39 is 5.91 Å². The van der Waals surface area contributed by atoms with Gasteiger partial charge in [-0.15, -0.1) is 10.2 Å². The number of aliphatic imine (C=N–C) groups is 2. The van der Waals surface area contributed by atoms with E-state index in [1.54, 1.807) is 12.1 Å². The molecule has 0 atom stereocenters. The average Bonchev–Trinajstić information content (AvgIpc) is 3.05. The molecule has 0 unspecified atom stereocenters. The van der Waals surface area contributed by atoms with E-state index in [2.05, 4.69) is 25.4 Å². The summed E-state index contributed by atoms with van der Waals surface area (Å²) in [7, 11) is 0. The van der Waals surface area contributed by atoms with Gasteiger partial charge in [0.15, 0.2) is 5.84 Å². The maximum absolute atomic E-state index is 12.0. The second-order valence-corrected chi connectivity index (χ2v) is 4.73. The number of amidine groups is 2. The van der Waals surface area contributed by atoms with Crippen LogP contribution < -0.4 is 4.74 Å². The van der Waals surface area contributed by atoms with Gasteiger partial charge in [-0.25, -0.2) is 4.99 Å². The lowest BCUT2D eigenvalue weighted by Gasteiger charge is -2.12. The smallest absolute Gasteiger partial charge is 0.303 e. The number of carbonyl (C=O) groups excluding carboxylic acids is 1. The van der Waals surface area contributed by atoms with Crippen LogP contribution in [0.2, 0.25) is 0 Å². The number of nitrogens with zero attached hydrogens (tertiary/aromatic N) is 5. The molecule has 0 aromatic heterocycles. The van der Waals surface area contributed by atoms with Crippen molar-refractivity contribution in [1.29, 1.82) is 0 Å². The van der Waals surface area contributed by atoms with E-state index in [0.29, 0.717) is 17.1 Å². The number of fused-ring (bicyclic) bond motifs is 1. The molecular weight excluding hydrogens is 294 g/mol. The van der Waals surface area contributed by atoms with Crippen molar-refractivity contribution in [1.82, 2.24) is 0 Å². The third-order valence-electron chi connectivity index (χ3n) is 3.22. The van der Waals surface area contributed by atoms with Gasteiger partial charge < -0.3 is 4.74 Å². The van der Waals surface area contributed by atoms with Gasteiger partial charge in [0, 0.05) is 0 Å². The number of rotatable bonds is 3. The first kappa shape index (κ1) is 13.2. The summed E-state index contributed by atoms with van der Waals surface area (Å²) >= 11 is 0. The van der Waals surface area contributed by atoms with Crippen LogP contribution in [0, 0.1) is 0 Å². The molecule has 0 radical (unpaired) electrons. The second kappa shape index (κ2) is 5.38. The zero-order chi connectivity index (χ0) is 15.6. The van der Waals surface area contributed by atoms with Crippen LogP contribution in [0.4, 0.5) is 0 Å². The molecule has 2 aromatic rings. The third-order valence-corrected chi connectivity index (χ3v) is 3.22. The summed E-state index contributed by atoms with van der Waals surface area (Å²) in [6.07, 6.45) is 0. The summed E-state index contributed by atoms with van der Waals surface area (Å²) in [6, 6.07) is 16.6. The molecule has 0 fully saturated rings. The van der Waals surface area contributed by atoms with Gasteiger partial charge in [-0.3, -0.25) is 4.79 Å². The first-order chi connectivity index (χ1) is 11.3. The highest BCUT2D eigenvalue weighted by Gasteiger charge is 2.28. The molecule has 2 heterocycles. The maximum Gasteiger partial charge on any atom is 0.303 e. The summed E-state index contributed by atoms with van der Waals surface area (Å²) < 4.78 is 5.86. The van der Waals surface area contributed by atoms with Crippen LogP contribution in [0.15, 0.2) is 80.0 Å². The summed E-state index contributed by atoms with van der Waals surface area (Å²) in [6.45, 7) is 0. The molecule has 1 amide bonds. The number of benzene rings is 2. The van der Waals surface area contributed by atoms with Gasteiger partial charge >= 0.3 is 5.91 Å². The Morgan fingerprint density at radius 3 is 2.48 bits per heavy atom. The van der Waals surface area contributed by atoms with Crippen LogP contribution in [0.3, 0.4) is 0 Å². The standard InChI is InChI=1S/C16H9N5O2/c22-16-13-15(20-21-19-13)17-14(18-16)11-8-4-5-9-12(11)23-10-6-2-1-3-7-10/h1-9H. The van der Waals surface area contributed by atoms with Gasteiger partial charge in [-0.1, -0.05) is 30.3 Å². The molecule has 110 valence electrons. The van der Waals surface area contributed by atoms with Crippen molar-refractivity contribution < 1.29 is 9.53 Å². The summed E-state index contributed by atoms with van der Waals surface area (Å²) in [5, 5.41) is 10.8. The Morgan fingerprint density at radius 1 is 0.826 bits per heavy atom. The average molecular weight is 303 g/mol. The highest BCUT2D eigenvalue weighted by molar-refractivity contribution is 6.69. The van der Waals surface area contributed by atoms with Gasteiger partial charge in [-0.05, 0) is 29.5 Å². The molecule has 2 aromatic carbocycles. The van der Waals surface area contributed by atoms with E-state index in [1.165, 1.54) is 0 Å². The Labute approximate surface area is 130 Å². The minimum Gasteiger partial charge on any atom is -0.457 e. The fraction of sp³-hybridized carbons (Fsp3) is 0. The topological polar surface area (TPSA) is 88.1 Å². The van der Waals surface area contributed by atoms with Gasteiger partial charge in [-0.2, -0.15) is 4.99 Å². The predicted molar refractivity (Wildman–Crippen MR) is 84.2 cm³/mol. The Hall–Kier alpha value is -3.48. The lowest BCUT2D eigenvalue weighted by molar-refractivity contribution is -0.111. The van der Waals surface area contributed by atoms with Crippen molar-refractivity contribution in [2.24, 2.45) is 25.4 Å². The fourth-order valence-electron chi connectivity index (χ4n) is 2.17. The quantitative estimate of drug-likeness (QED) is 0.872. The van der Waals surface area contributed by atoms with E-state index >= 15 is 0 Å². The second-order valence-electron chi connectivity index (χ2n) is 4.73.